The SMILES string of the molecule is O=C(O)c1cnc(NNC(=S)NC2c3cnccc3CCc3c(F)cccc32)c(Cl)c1. The van der Waals surface area contributed by atoms with Crippen LogP contribution in [0.3, 0.4) is 0 Å². The normalized spacial score (nSPS) is 14.6. The summed E-state index contributed by atoms with van der Waals surface area (Å²) in [5.41, 5.74) is 8.94. The van der Waals surface area contributed by atoms with Crippen LogP contribution in [0.2, 0.25) is 5.02 Å². The number of rotatable bonds is 4. The molecule has 0 aliphatic heterocycles. The molecule has 1 aliphatic carbocycles. The van der Waals surface area contributed by atoms with Crippen molar-refractivity contribution >= 4 is 40.7 Å². The Morgan fingerprint density at radius 1 is 1.23 bits per heavy atom. The first-order chi connectivity index (χ1) is 14.9. The molecule has 31 heavy (non-hydrogen) atoms. The topological polar surface area (TPSA) is 99.2 Å². The highest BCUT2D eigenvalue weighted by Crippen LogP contribution is 2.33. The minimum Gasteiger partial charge on any atom is -0.478 e. The summed E-state index contributed by atoms with van der Waals surface area (Å²) in [6.45, 7) is 0. The van der Waals surface area contributed by atoms with E-state index in [-0.39, 0.29) is 27.3 Å². The molecule has 10 heteroatoms. The number of hydrogen-bond donors (Lipinski definition) is 4. The van der Waals surface area contributed by atoms with Gasteiger partial charge in [-0.1, -0.05) is 23.7 Å². The summed E-state index contributed by atoms with van der Waals surface area (Å²) >= 11 is 11.5. The fourth-order valence-electron chi connectivity index (χ4n) is 3.55. The van der Waals surface area contributed by atoms with E-state index in [1.807, 2.05) is 12.1 Å². The second-order valence-corrected chi connectivity index (χ2v) is 7.71. The molecule has 0 fully saturated rings. The Balaban J connectivity index is 1.55. The van der Waals surface area contributed by atoms with E-state index in [0.29, 0.717) is 18.4 Å². The molecule has 0 saturated heterocycles. The van der Waals surface area contributed by atoms with E-state index in [1.165, 1.54) is 18.3 Å². The highest BCUT2D eigenvalue weighted by Gasteiger charge is 2.26. The highest BCUT2D eigenvalue weighted by molar-refractivity contribution is 7.80. The van der Waals surface area contributed by atoms with E-state index in [2.05, 4.69) is 26.1 Å². The smallest absolute Gasteiger partial charge is 0.337 e. The number of carbonyl (C=O) groups is 1. The molecule has 158 valence electrons. The quantitative estimate of drug-likeness (QED) is 0.348. The Bertz CT molecular complexity index is 1180. The van der Waals surface area contributed by atoms with Gasteiger partial charge >= 0.3 is 5.97 Å². The van der Waals surface area contributed by atoms with Crippen LogP contribution < -0.4 is 16.2 Å². The number of hydrazine groups is 1. The third-order valence-corrected chi connectivity index (χ3v) is 5.53. The van der Waals surface area contributed by atoms with Crippen LogP contribution >= 0.6 is 23.8 Å². The Kier molecular flexibility index (Phi) is 5.97. The second kappa shape index (κ2) is 8.83. The molecule has 0 radical (unpaired) electrons. The van der Waals surface area contributed by atoms with Gasteiger partial charge in [0, 0.05) is 24.2 Å². The Hall–Kier alpha value is -3.30. The summed E-state index contributed by atoms with van der Waals surface area (Å²) in [6, 6.07) is 7.80. The average molecular weight is 458 g/mol. The van der Waals surface area contributed by atoms with E-state index < -0.39 is 12.0 Å². The zero-order chi connectivity index (χ0) is 22.0. The lowest BCUT2D eigenvalue weighted by molar-refractivity contribution is 0.0696. The maximum atomic E-state index is 14.5. The fraction of sp³-hybridized carbons (Fsp3) is 0.143. The van der Waals surface area contributed by atoms with Crippen LogP contribution in [-0.4, -0.2) is 26.2 Å². The van der Waals surface area contributed by atoms with E-state index >= 15 is 0 Å². The maximum absolute atomic E-state index is 14.5. The van der Waals surface area contributed by atoms with Crippen molar-refractivity contribution in [1.29, 1.82) is 0 Å². The average Bonchev–Trinajstić information content (AvgIpc) is 2.91. The predicted molar refractivity (Wildman–Crippen MR) is 119 cm³/mol. The Labute approximate surface area is 187 Å². The lowest BCUT2D eigenvalue weighted by Crippen LogP contribution is -2.41. The van der Waals surface area contributed by atoms with E-state index in [0.717, 1.165) is 16.7 Å². The van der Waals surface area contributed by atoms with E-state index in [9.17, 15) is 9.18 Å². The van der Waals surface area contributed by atoms with Crippen molar-refractivity contribution in [3.63, 3.8) is 0 Å². The standard InChI is InChI=1S/C21H17ClFN5O2S/c22-16-8-12(20(29)30)9-25-19(16)27-28-21(31)26-18-14-2-1-3-17(23)13(14)5-4-11-6-7-24-10-15(11)18/h1-3,6-10,18H,4-5H2,(H,25,27)(H,29,30)(H2,26,28,31). The third-order valence-electron chi connectivity index (χ3n) is 5.03. The first-order valence-electron chi connectivity index (χ1n) is 9.35. The molecule has 1 atom stereocenters. The molecule has 1 aromatic carbocycles. The number of pyridine rings is 2. The van der Waals surface area contributed by atoms with Crippen molar-refractivity contribution in [2.75, 3.05) is 5.43 Å². The number of carboxylic acid groups (broad SMARTS) is 1. The molecule has 7 nitrogen and oxygen atoms in total. The van der Waals surface area contributed by atoms with Crippen LogP contribution in [-0.2, 0) is 12.8 Å². The summed E-state index contributed by atoms with van der Waals surface area (Å²) in [6.07, 6.45) is 5.92. The Morgan fingerprint density at radius 2 is 2.06 bits per heavy atom. The number of nitrogens with zero attached hydrogens (tertiary/aromatic N) is 2. The number of aromatic nitrogens is 2. The van der Waals surface area contributed by atoms with Crippen molar-refractivity contribution in [1.82, 2.24) is 20.7 Å². The van der Waals surface area contributed by atoms with Crippen LogP contribution in [0.25, 0.3) is 0 Å². The molecule has 0 bridgehead atoms. The lowest BCUT2D eigenvalue weighted by atomic mass is 9.96. The van der Waals surface area contributed by atoms with Crippen molar-refractivity contribution in [2.45, 2.75) is 18.9 Å². The first-order valence-corrected chi connectivity index (χ1v) is 10.1. The number of carboxylic acids is 1. The van der Waals surface area contributed by atoms with Crippen LogP contribution in [0, 0.1) is 5.82 Å². The first kappa shape index (κ1) is 21.0. The van der Waals surface area contributed by atoms with Gasteiger partial charge in [0.2, 0.25) is 0 Å². The van der Waals surface area contributed by atoms with Gasteiger partial charge in [0.1, 0.15) is 5.82 Å². The van der Waals surface area contributed by atoms with Gasteiger partial charge in [-0.05, 0) is 59.9 Å². The molecule has 0 spiro atoms. The number of fused-ring (bicyclic) bond motifs is 2. The van der Waals surface area contributed by atoms with Crippen LogP contribution in [0.4, 0.5) is 10.2 Å². The molecule has 3 aromatic rings. The number of thiocarbonyl (C=S) groups is 1. The highest BCUT2D eigenvalue weighted by atomic mass is 35.5. The van der Waals surface area contributed by atoms with Crippen molar-refractivity contribution in [3.05, 3.63) is 87.6 Å². The van der Waals surface area contributed by atoms with Gasteiger partial charge in [-0.3, -0.25) is 15.8 Å². The number of anilines is 1. The van der Waals surface area contributed by atoms with E-state index in [1.54, 1.807) is 18.5 Å². The summed E-state index contributed by atoms with van der Waals surface area (Å²) in [4.78, 5) is 19.2. The number of nitrogens with one attached hydrogen (secondary N) is 3. The summed E-state index contributed by atoms with van der Waals surface area (Å²) in [5.74, 6) is -1.17. The number of benzene rings is 1. The predicted octanol–water partition coefficient (Wildman–Crippen LogP) is 3.65. The second-order valence-electron chi connectivity index (χ2n) is 6.90. The number of hydrogen-bond acceptors (Lipinski definition) is 5. The maximum Gasteiger partial charge on any atom is 0.337 e. The van der Waals surface area contributed by atoms with Crippen molar-refractivity contribution < 1.29 is 14.3 Å². The van der Waals surface area contributed by atoms with Crippen LogP contribution in [0.5, 0.6) is 0 Å². The van der Waals surface area contributed by atoms with Gasteiger partial charge in [0.15, 0.2) is 10.9 Å². The molecule has 0 saturated carbocycles. The van der Waals surface area contributed by atoms with Gasteiger partial charge in [-0.2, -0.15) is 0 Å². The third kappa shape index (κ3) is 4.42. The summed E-state index contributed by atoms with van der Waals surface area (Å²) < 4.78 is 14.5. The zero-order valence-electron chi connectivity index (χ0n) is 16.0. The fourth-order valence-corrected chi connectivity index (χ4v) is 3.93. The van der Waals surface area contributed by atoms with Crippen LogP contribution in [0.15, 0.2) is 48.9 Å². The molecule has 1 aliphatic rings. The zero-order valence-corrected chi connectivity index (χ0v) is 17.6. The minimum atomic E-state index is -1.13. The molecular weight excluding hydrogens is 441 g/mol. The molecular formula is C21H17ClFN5O2S. The molecule has 0 amide bonds. The van der Waals surface area contributed by atoms with Gasteiger partial charge in [-0.15, -0.1) is 0 Å². The van der Waals surface area contributed by atoms with Gasteiger partial charge in [0.05, 0.1) is 16.6 Å². The van der Waals surface area contributed by atoms with Gasteiger partial charge < -0.3 is 10.4 Å². The summed E-state index contributed by atoms with van der Waals surface area (Å²) in [7, 11) is 0. The monoisotopic (exact) mass is 457 g/mol. The molecule has 4 rings (SSSR count). The molecule has 2 aromatic heterocycles. The van der Waals surface area contributed by atoms with Crippen molar-refractivity contribution in [2.24, 2.45) is 0 Å². The lowest BCUT2D eigenvalue weighted by Gasteiger charge is -2.23. The van der Waals surface area contributed by atoms with Gasteiger partial charge in [0.25, 0.3) is 0 Å². The van der Waals surface area contributed by atoms with Crippen LogP contribution in [0.1, 0.15) is 38.7 Å². The van der Waals surface area contributed by atoms with Gasteiger partial charge in [-0.25, -0.2) is 14.2 Å². The molecule has 2 heterocycles. The van der Waals surface area contributed by atoms with Crippen molar-refractivity contribution in [3.8, 4) is 0 Å². The largest absolute Gasteiger partial charge is 0.478 e. The number of halogens is 2. The summed E-state index contributed by atoms with van der Waals surface area (Å²) in [5, 5.41) is 12.5. The molecule has 1 unspecified atom stereocenters. The Morgan fingerprint density at radius 3 is 2.84 bits per heavy atom. The number of aryl methyl sites for hydroxylation is 1. The number of aromatic carboxylic acids is 1. The van der Waals surface area contributed by atoms with E-state index in [4.69, 9.17) is 28.9 Å². The minimum absolute atomic E-state index is 0.0301. The molecule has 4 N–H and O–H groups in total.